The third-order valence-electron chi connectivity index (χ3n) is 3.59. The van der Waals surface area contributed by atoms with Crippen molar-refractivity contribution in [1.29, 1.82) is 0 Å². The minimum atomic E-state index is -0.226. The smallest absolute Gasteiger partial charge is 0.415 e. The molecule has 2 atom stereocenters. The molecule has 96 valence electrons. The Kier molecular flexibility index (Phi) is 3.03. The summed E-state index contributed by atoms with van der Waals surface area (Å²) in [5.74, 6) is 0. The molecule has 18 heavy (non-hydrogen) atoms. The largest absolute Gasteiger partial charge is 0.444 e. The molecule has 0 saturated carbocycles. The van der Waals surface area contributed by atoms with Crippen LogP contribution >= 0.6 is 15.9 Å². The molecule has 2 aliphatic heterocycles. The first-order chi connectivity index (χ1) is 8.66. The van der Waals surface area contributed by atoms with Gasteiger partial charge in [0.2, 0.25) is 0 Å². The lowest BCUT2D eigenvalue weighted by Gasteiger charge is -2.28. The van der Waals surface area contributed by atoms with Crippen molar-refractivity contribution >= 4 is 27.7 Å². The van der Waals surface area contributed by atoms with Gasteiger partial charge in [0.05, 0.1) is 6.04 Å². The third kappa shape index (κ3) is 1.91. The van der Waals surface area contributed by atoms with Crippen molar-refractivity contribution in [1.82, 2.24) is 5.32 Å². The van der Waals surface area contributed by atoms with Crippen LogP contribution in [0.2, 0.25) is 0 Å². The summed E-state index contributed by atoms with van der Waals surface area (Å²) in [7, 11) is 0. The normalized spacial score (nSPS) is 27.0. The van der Waals surface area contributed by atoms with E-state index in [0.29, 0.717) is 0 Å². The molecule has 0 radical (unpaired) electrons. The van der Waals surface area contributed by atoms with E-state index in [-0.39, 0.29) is 18.2 Å². The van der Waals surface area contributed by atoms with Gasteiger partial charge < -0.3 is 10.1 Å². The molecule has 2 fully saturated rings. The Balaban J connectivity index is 1.94. The van der Waals surface area contributed by atoms with E-state index in [1.165, 1.54) is 0 Å². The minimum Gasteiger partial charge on any atom is -0.444 e. The molecule has 2 unspecified atom stereocenters. The average Bonchev–Trinajstić information content (AvgIpc) is 2.69. The minimum absolute atomic E-state index is 0.0303. The zero-order chi connectivity index (χ0) is 12.7. The van der Waals surface area contributed by atoms with Crippen molar-refractivity contribution < 1.29 is 9.53 Å². The molecule has 5 heteroatoms. The number of halogens is 1. The number of nitrogens with one attached hydrogen (secondary N) is 1. The van der Waals surface area contributed by atoms with Gasteiger partial charge in [0.1, 0.15) is 6.10 Å². The Morgan fingerprint density at radius 2 is 2.33 bits per heavy atom. The fraction of sp³-hybridized carbons (Fsp3) is 0.462. The van der Waals surface area contributed by atoms with Crippen molar-refractivity contribution in [2.45, 2.75) is 25.5 Å². The van der Waals surface area contributed by atoms with Gasteiger partial charge in [0, 0.05) is 16.7 Å². The van der Waals surface area contributed by atoms with Crippen LogP contribution in [0.4, 0.5) is 10.5 Å². The Morgan fingerprint density at radius 3 is 3.11 bits per heavy atom. The van der Waals surface area contributed by atoms with E-state index in [0.717, 1.165) is 35.2 Å². The number of piperidine rings is 1. The van der Waals surface area contributed by atoms with Crippen LogP contribution in [0, 0.1) is 6.92 Å². The highest BCUT2D eigenvalue weighted by Gasteiger charge is 2.43. The summed E-state index contributed by atoms with van der Waals surface area (Å²) in [6, 6.07) is 6.06. The van der Waals surface area contributed by atoms with Crippen LogP contribution < -0.4 is 10.2 Å². The van der Waals surface area contributed by atoms with E-state index in [4.69, 9.17) is 4.74 Å². The van der Waals surface area contributed by atoms with Gasteiger partial charge in [-0.15, -0.1) is 0 Å². The number of nitrogens with zero attached hydrogens (tertiary/aromatic N) is 1. The Morgan fingerprint density at radius 1 is 1.50 bits per heavy atom. The van der Waals surface area contributed by atoms with Gasteiger partial charge in [-0.2, -0.15) is 0 Å². The summed E-state index contributed by atoms with van der Waals surface area (Å²) in [6.45, 7) is 3.73. The summed E-state index contributed by atoms with van der Waals surface area (Å²) in [6.07, 6.45) is 0.695. The van der Waals surface area contributed by atoms with Crippen LogP contribution in [0.1, 0.15) is 12.0 Å². The lowest BCUT2D eigenvalue weighted by atomic mass is 10.0. The first-order valence-electron chi connectivity index (χ1n) is 6.13. The highest BCUT2D eigenvalue weighted by Crippen LogP contribution is 2.31. The molecular weight excluding hydrogens is 296 g/mol. The number of hydrogen-bond donors (Lipinski definition) is 1. The number of carbonyl (C=O) groups is 1. The van der Waals surface area contributed by atoms with E-state index >= 15 is 0 Å². The summed E-state index contributed by atoms with van der Waals surface area (Å²) in [5.41, 5.74) is 2.03. The highest BCUT2D eigenvalue weighted by atomic mass is 79.9. The maximum Gasteiger partial charge on any atom is 0.415 e. The van der Waals surface area contributed by atoms with Crippen LogP contribution in [-0.2, 0) is 4.74 Å². The van der Waals surface area contributed by atoms with Crippen LogP contribution in [0.5, 0.6) is 0 Å². The Labute approximate surface area is 114 Å². The fourth-order valence-corrected chi connectivity index (χ4v) is 2.86. The number of amides is 1. The number of aryl methyl sites for hydroxylation is 1. The second-order valence-corrected chi connectivity index (χ2v) is 5.64. The average molecular weight is 311 g/mol. The van der Waals surface area contributed by atoms with Crippen LogP contribution in [0.25, 0.3) is 0 Å². The first kappa shape index (κ1) is 12.0. The molecule has 0 aliphatic carbocycles. The molecule has 2 aliphatic rings. The molecule has 2 saturated heterocycles. The molecule has 3 rings (SSSR count). The van der Waals surface area contributed by atoms with Gasteiger partial charge in [-0.1, -0.05) is 15.9 Å². The molecule has 1 aromatic rings. The molecule has 1 amide bonds. The van der Waals surface area contributed by atoms with E-state index in [1.54, 1.807) is 4.90 Å². The van der Waals surface area contributed by atoms with Crippen molar-refractivity contribution in [2.24, 2.45) is 0 Å². The lowest BCUT2D eigenvalue weighted by Crippen LogP contribution is -2.49. The first-order valence-corrected chi connectivity index (χ1v) is 6.93. The van der Waals surface area contributed by atoms with Gasteiger partial charge in [0.15, 0.2) is 0 Å². The van der Waals surface area contributed by atoms with Crippen molar-refractivity contribution in [2.75, 3.05) is 18.0 Å². The van der Waals surface area contributed by atoms with E-state index in [1.807, 2.05) is 25.1 Å². The van der Waals surface area contributed by atoms with Crippen molar-refractivity contribution in [3.05, 3.63) is 28.2 Å². The number of ether oxygens (including phenoxy) is 1. The predicted octanol–water partition coefficient (Wildman–Crippen LogP) is 2.44. The lowest BCUT2D eigenvalue weighted by molar-refractivity contribution is 0.117. The molecule has 0 aromatic heterocycles. The van der Waals surface area contributed by atoms with E-state index in [2.05, 4.69) is 21.2 Å². The second kappa shape index (κ2) is 4.55. The SMILES string of the molecule is Cc1cc(N2C(=O)OC3CCNCC32)ccc1Br. The number of benzene rings is 1. The molecule has 4 nitrogen and oxygen atoms in total. The quantitative estimate of drug-likeness (QED) is 0.866. The van der Waals surface area contributed by atoms with Crippen LogP contribution in [-0.4, -0.2) is 31.3 Å². The third-order valence-corrected chi connectivity index (χ3v) is 4.48. The summed E-state index contributed by atoms with van der Waals surface area (Å²) in [4.78, 5) is 13.8. The van der Waals surface area contributed by atoms with Gasteiger partial charge >= 0.3 is 6.09 Å². The monoisotopic (exact) mass is 310 g/mol. The summed E-state index contributed by atoms with van der Waals surface area (Å²) < 4.78 is 6.49. The standard InChI is InChI=1S/C13H15BrN2O2/c1-8-6-9(2-3-10(8)14)16-11-7-15-5-4-12(11)18-13(16)17/h2-3,6,11-12,15H,4-5,7H2,1H3. The molecular formula is C13H15BrN2O2. The summed E-state index contributed by atoms with van der Waals surface area (Å²) >= 11 is 3.47. The van der Waals surface area contributed by atoms with Crippen molar-refractivity contribution in [3.8, 4) is 0 Å². The van der Waals surface area contributed by atoms with Gasteiger partial charge in [0.25, 0.3) is 0 Å². The number of rotatable bonds is 1. The van der Waals surface area contributed by atoms with E-state index < -0.39 is 0 Å². The Bertz CT molecular complexity index is 492. The van der Waals surface area contributed by atoms with Gasteiger partial charge in [-0.25, -0.2) is 4.79 Å². The highest BCUT2D eigenvalue weighted by molar-refractivity contribution is 9.10. The number of fused-ring (bicyclic) bond motifs is 1. The van der Waals surface area contributed by atoms with Crippen LogP contribution in [0.15, 0.2) is 22.7 Å². The zero-order valence-electron chi connectivity index (χ0n) is 10.1. The summed E-state index contributed by atoms with van der Waals surface area (Å²) in [5, 5.41) is 3.32. The number of carbonyl (C=O) groups excluding carboxylic acids is 1. The van der Waals surface area contributed by atoms with Gasteiger partial charge in [-0.3, -0.25) is 4.90 Å². The van der Waals surface area contributed by atoms with Crippen LogP contribution in [0.3, 0.4) is 0 Å². The maximum atomic E-state index is 12.0. The molecule has 0 bridgehead atoms. The zero-order valence-corrected chi connectivity index (χ0v) is 11.7. The van der Waals surface area contributed by atoms with Gasteiger partial charge in [-0.05, 0) is 43.7 Å². The molecule has 1 aromatic carbocycles. The molecule has 2 heterocycles. The molecule has 1 N–H and O–H groups in total. The molecule has 0 spiro atoms. The second-order valence-electron chi connectivity index (χ2n) is 4.79. The van der Waals surface area contributed by atoms with Crippen molar-refractivity contribution in [3.63, 3.8) is 0 Å². The number of hydrogen-bond acceptors (Lipinski definition) is 3. The fourth-order valence-electron chi connectivity index (χ4n) is 2.61. The maximum absolute atomic E-state index is 12.0. The topological polar surface area (TPSA) is 41.6 Å². The predicted molar refractivity (Wildman–Crippen MR) is 72.9 cm³/mol. The number of anilines is 1. The van der Waals surface area contributed by atoms with E-state index in [9.17, 15) is 4.79 Å². The Hall–Kier alpha value is -1.07.